The number of nitrogens with zero attached hydrogens (tertiary/aromatic N) is 1. The molecule has 7 heteroatoms. The van der Waals surface area contributed by atoms with E-state index < -0.39 is 15.7 Å². The quantitative estimate of drug-likeness (QED) is 0.442. The molecule has 0 aliphatic heterocycles. The van der Waals surface area contributed by atoms with Gasteiger partial charge in [-0.1, -0.05) is 38.5 Å². The van der Waals surface area contributed by atoms with Crippen LogP contribution in [0.25, 0.3) is 0 Å². The fourth-order valence-electron chi connectivity index (χ4n) is 2.34. The highest BCUT2D eigenvalue weighted by Gasteiger charge is 2.19. The highest BCUT2D eigenvalue weighted by Crippen LogP contribution is 2.24. The van der Waals surface area contributed by atoms with Gasteiger partial charge in [0.05, 0.1) is 4.90 Å². The molecule has 0 radical (unpaired) electrons. The average molecular weight is 351 g/mol. The van der Waals surface area contributed by atoms with Crippen LogP contribution >= 0.6 is 0 Å². The first-order chi connectivity index (χ1) is 11.2. The van der Waals surface area contributed by atoms with Crippen LogP contribution in [-0.4, -0.2) is 26.5 Å². The fourth-order valence-corrected chi connectivity index (χ4v) is 3.29. The van der Waals surface area contributed by atoms with Crippen LogP contribution in [0.1, 0.15) is 48.2 Å². The molecule has 0 fully saturated rings. The summed E-state index contributed by atoms with van der Waals surface area (Å²) in [6.45, 7) is 3.96. The van der Waals surface area contributed by atoms with Crippen molar-refractivity contribution >= 4 is 21.7 Å². The molecule has 0 heterocycles. The van der Waals surface area contributed by atoms with Gasteiger partial charge in [0.2, 0.25) is 0 Å². The summed E-state index contributed by atoms with van der Waals surface area (Å²) in [6, 6.07) is 3.13. The van der Waals surface area contributed by atoms with Crippen LogP contribution < -0.4 is 11.5 Å². The molecule has 0 bridgehead atoms. The number of aryl methyl sites for hydroxylation is 1. The van der Waals surface area contributed by atoms with Crippen LogP contribution in [-0.2, 0) is 22.7 Å². The van der Waals surface area contributed by atoms with Gasteiger partial charge in [0.25, 0.3) is 5.91 Å². The van der Waals surface area contributed by atoms with Gasteiger partial charge in [-0.05, 0) is 36.5 Å². The molecule has 0 atom stereocenters. The third-order valence-corrected chi connectivity index (χ3v) is 4.67. The summed E-state index contributed by atoms with van der Waals surface area (Å²) in [5.41, 5.74) is 12.1. The Balaban J connectivity index is 3.45. The van der Waals surface area contributed by atoms with E-state index >= 15 is 0 Å². The molecule has 0 unspecified atom stereocenters. The normalized spacial score (nSPS) is 11.6. The van der Waals surface area contributed by atoms with Crippen LogP contribution in [0.15, 0.2) is 34.2 Å². The maximum absolute atomic E-state index is 12.2. The van der Waals surface area contributed by atoms with Gasteiger partial charge < -0.3 is 11.5 Å². The predicted molar refractivity (Wildman–Crippen MR) is 96.8 cm³/mol. The van der Waals surface area contributed by atoms with E-state index in [4.69, 9.17) is 11.5 Å². The zero-order valence-electron chi connectivity index (χ0n) is 14.4. The second kappa shape index (κ2) is 8.63. The molecule has 0 aliphatic rings. The number of allylic oxidation sites excluding steroid dienone is 2. The third-order valence-electron chi connectivity index (χ3n) is 3.49. The Labute approximate surface area is 143 Å². The zero-order valence-corrected chi connectivity index (χ0v) is 15.2. The highest BCUT2D eigenvalue weighted by atomic mass is 32.2. The second-order valence-corrected chi connectivity index (χ2v) is 7.53. The first kappa shape index (κ1) is 19.9. The van der Waals surface area contributed by atoms with Crippen molar-refractivity contribution in [2.45, 2.75) is 44.4 Å². The molecule has 1 aromatic carbocycles. The first-order valence-corrected chi connectivity index (χ1v) is 9.74. The molecule has 6 nitrogen and oxygen atoms in total. The lowest BCUT2D eigenvalue weighted by molar-refractivity contribution is 0.100. The Morgan fingerprint density at radius 3 is 2.33 bits per heavy atom. The van der Waals surface area contributed by atoms with E-state index in [0.717, 1.165) is 24.7 Å². The van der Waals surface area contributed by atoms with Crippen molar-refractivity contribution < 1.29 is 13.2 Å². The number of nitrogens with two attached hydrogens (primary N) is 2. The van der Waals surface area contributed by atoms with E-state index in [9.17, 15) is 13.2 Å². The lowest BCUT2D eigenvalue weighted by atomic mass is 9.99. The predicted octanol–water partition coefficient (Wildman–Crippen LogP) is 1.96. The standard InChI is InChI=1S/C17H25N3O3S/c1-4-6-7-8-9-13-10-12(5-2)14(16(21)20-17(18)19)11-15(13)24(3,22)23/h7-8,10-11H,4-6,9H2,1-3H3,(H4,18,19,20,21). The number of carbonyl (C=O) groups is 1. The van der Waals surface area contributed by atoms with Crippen molar-refractivity contribution in [3.63, 3.8) is 0 Å². The molecule has 1 amide bonds. The second-order valence-electron chi connectivity index (χ2n) is 5.55. The van der Waals surface area contributed by atoms with E-state index in [-0.39, 0.29) is 16.4 Å². The van der Waals surface area contributed by atoms with Crippen LogP contribution in [0.5, 0.6) is 0 Å². The minimum atomic E-state index is -3.48. The van der Waals surface area contributed by atoms with Crippen molar-refractivity contribution in [1.82, 2.24) is 0 Å². The molecule has 0 saturated carbocycles. The van der Waals surface area contributed by atoms with Crippen molar-refractivity contribution in [2.24, 2.45) is 16.5 Å². The summed E-state index contributed by atoms with van der Waals surface area (Å²) in [6.07, 6.45) is 8.13. The molecule has 0 aliphatic carbocycles. The Kier molecular flexibility index (Phi) is 7.16. The molecular formula is C17H25N3O3S. The van der Waals surface area contributed by atoms with Crippen molar-refractivity contribution in [3.8, 4) is 0 Å². The monoisotopic (exact) mass is 351 g/mol. The molecule has 132 valence electrons. The number of hydrogen-bond acceptors (Lipinski definition) is 3. The van der Waals surface area contributed by atoms with Crippen LogP contribution in [0.3, 0.4) is 0 Å². The largest absolute Gasteiger partial charge is 0.370 e. The topological polar surface area (TPSA) is 116 Å². The highest BCUT2D eigenvalue weighted by molar-refractivity contribution is 7.90. The number of sulfone groups is 1. The van der Waals surface area contributed by atoms with E-state index in [0.29, 0.717) is 18.4 Å². The van der Waals surface area contributed by atoms with Crippen LogP contribution in [0, 0.1) is 0 Å². The summed E-state index contributed by atoms with van der Waals surface area (Å²) in [5, 5.41) is 0. The molecule has 24 heavy (non-hydrogen) atoms. The molecule has 0 spiro atoms. The molecule has 1 aromatic rings. The minimum Gasteiger partial charge on any atom is -0.370 e. The van der Waals surface area contributed by atoms with Crippen LogP contribution in [0.2, 0.25) is 0 Å². The number of unbranched alkanes of at least 4 members (excludes halogenated alkanes) is 1. The van der Waals surface area contributed by atoms with Crippen molar-refractivity contribution in [3.05, 3.63) is 41.0 Å². The number of rotatable bonds is 7. The Hall–Kier alpha value is -2.15. The average Bonchev–Trinajstić information content (AvgIpc) is 2.49. The lowest BCUT2D eigenvalue weighted by Crippen LogP contribution is -2.24. The summed E-state index contributed by atoms with van der Waals surface area (Å²) in [7, 11) is -3.48. The molecule has 1 rings (SSSR count). The fraction of sp³-hybridized carbons (Fsp3) is 0.412. The molecular weight excluding hydrogens is 326 g/mol. The summed E-state index contributed by atoms with van der Waals surface area (Å²) in [5.74, 6) is -0.987. The zero-order chi connectivity index (χ0) is 18.3. The SMILES string of the molecule is CCCC=CCc1cc(CC)c(C(=O)N=C(N)N)cc1S(C)(=O)=O. The number of benzene rings is 1. The van der Waals surface area contributed by atoms with Gasteiger partial charge in [-0.2, -0.15) is 4.99 Å². The minimum absolute atomic E-state index is 0.134. The van der Waals surface area contributed by atoms with Gasteiger partial charge in [0.15, 0.2) is 15.8 Å². The van der Waals surface area contributed by atoms with Crippen LogP contribution in [0.4, 0.5) is 0 Å². The van der Waals surface area contributed by atoms with Crippen molar-refractivity contribution in [2.75, 3.05) is 6.26 Å². The molecule has 0 aromatic heterocycles. The number of guanidine groups is 1. The van der Waals surface area contributed by atoms with E-state index in [1.165, 1.54) is 6.07 Å². The third kappa shape index (κ3) is 5.49. The maximum atomic E-state index is 12.2. The van der Waals surface area contributed by atoms with Crippen molar-refractivity contribution in [1.29, 1.82) is 0 Å². The lowest BCUT2D eigenvalue weighted by Gasteiger charge is -2.12. The van der Waals surface area contributed by atoms with E-state index in [1.54, 1.807) is 6.07 Å². The first-order valence-electron chi connectivity index (χ1n) is 7.85. The van der Waals surface area contributed by atoms with Gasteiger partial charge in [-0.3, -0.25) is 4.79 Å². The van der Waals surface area contributed by atoms with Gasteiger partial charge in [0, 0.05) is 11.8 Å². The van der Waals surface area contributed by atoms with E-state index in [1.807, 2.05) is 19.1 Å². The Morgan fingerprint density at radius 1 is 1.17 bits per heavy atom. The number of amides is 1. The molecule has 0 saturated heterocycles. The number of carbonyl (C=O) groups excluding carboxylic acids is 1. The van der Waals surface area contributed by atoms with Gasteiger partial charge in [-0.15, -0.1) is 0 Å². The van der Waals surface area contributed by atoms with Gasteiger partial charge >= 0.3 is 0 Å². The molecule has 4 N–H and O–H groups in total. The van der Waals surface area contributed by atoms with Gasteiger partial charge in [0.1, 0.15) is 0 Å². The Morgan fingerprint density at radius 2 is 1.83 bits per heavy atom. The Bertz CT molecular complexity index is 762. The summed E-state index contributed by atoms with van der Waals surface area (Å²) in [4.78, 5) is 15.8. The number of aliphatic imine (C=N–C) groups is 1. The number of hydrogen-bond donors (Lipinski definition) is 2. The van der Waals surface area contributed by atoms with Gasteiger partial charge in [-0.25, -0.2) is 8.42 Å². The maximum Gasteiger partial charge on any atom is 0.280 e. The smallest absolute Gasteiger partial charge is 0.280 e. The summed E-state index contributed by atoms with van der Waals surface area (Å²) < 4.78 is 24.2. The van der Waals surface area contributed by atoms with E-state index in [2.05, 4.69) is 11.9 Å². The summed E-state index contributed by atoms with van der Waals surface area (Å²) >= 11 is 0.